The lowest BCUT2D eigenvalue weighted by molar-refractivity contribution is 0.101. The Morgan fingerprint density at radius 2 is 2.12 bits per heavy atom. The van der Waals surface area contributed by atoms with Gasteiger partial charge < -0.3 is 4.90 Å². The first-order valence-electron chi connectivity index (χ1n) is 5.53. The average molecular weight is 221 g/mol. The van der Waals surface area contributed by atoms with E-state index in [4.69, 9.17) is 0 Å². The van der Waals surface area contributed by atoms with Gasteiger partial charge in [-0.05, 0) is 26.0 Å². The number of anilines is 1. The molecule has 1 aliphatic heterocycles. The van der Waals surface area contributed by atoms with Crippen LogP contribution in [0.1, 0.15) is 30.6 Å². The minimum absolute atomic E-state index is 0.0306. The van der Waals surface area contributed by atoms with Crippen molar-refractivity contribution in [3.8, 4) is 0 Å². The molecule has 1 aliphatic rings. The Morgan fingerprint density at radius 3 is 2.69 bits per heavy atom. The van der Waals surface area contributed by atoms with Crippen LogP contribution in [-0.2, 0) is 0 Å². The Balaban J connectivity index is 2.31. The lowest BCUT2D eigenvalue weighted by Crippen LogP contribution is -2.26. The zero-order valence-electron chi connectivity index (χ0n) is 9.66. The minimum Gasteiger partial charge on any atom is -0.368 e. The van der Waals surface area contributed by atoms with Crippen molar-refractivity contribution in [3.63, 3.8) is 0 Å². The van der Waals surface area contributed by atoms with Crippen LogP contribution in [0, 0.1) is 0 Å². The molecule has 2 rings (SSSR count). The number of carbonyl (C=O) groups excluding carboxylic acids is 1. The SMILES string of the molecule is CC(=O)c1ccccc1N1CCC(C)(F)C1. The van der Waals surface area contributed by atoms with Crippen molar-refractivity contribution in [3.05, 3.63) is 29.8 Å². The number of para-hydroxylation sites is 1. The Bertz CT molecular complexity index is 414. The number of nitrogens with zero attached hydrogens (tertiary/aromatic N) is 1. The third kappa shape index (κ3) is 2.08. The zero-order valence-corrected chi connectivity index (χ0v) is 9.66. The van der Waals surface area contributed by atoms with Crippen LogP contribution >= 0.6 is 0 Å². The predicted octanol–water partition coefficient (Wildman–Crippen LogP) is 2.83. The maximum absolute atomic E-state index is 13.8. The van der Waals surface area contributed by atoms with Gasteiger partial charge in [0.15, 0.2) is 5.78 Å². The van der Waals surface area contributed by atoms with E-state index in [9.17, 15) is 9.18 Å². The van der Waals surface area contributed by atoms with Gasteiger partial charge in [-0.2, -0.15) is 0 Å². The Morgan fingerprint density at radius 1 is 1.44 bits per heavy atom. The van der Waals surface area contributed by atoms with Crippen molar-refractivity contribution in [2.45, 2.75) is 25.9 Å². The molecule has 1 heterocycles. The fraction of sp³-hybridized carbons (Fsp3) is 0.462. The summed E-state index contributed by atoms with van der Waals surface area (Å²) in [6.07, 6.45) is 0.527. The summed E-state index contributed by atoms with van der Waals surface area (Å²) in [4.78, 5) is 13.4. The van der Waals surface area contributed by atoms with Crippen LogP contribution in [0.15, 0.2) is 24.3 Å². The van der Waals surface area contributed by atoms with E-state index in [2.05, 4.69) is 0 Å². The maximum Gasteiger partial charge on any atom is 0.161 e. The lowest BCUT2D eigenvalue weighted by atomic mass is 10.1. The van der Waals surface area contributed by atoms with Crippen LogP contribution in [0.5, 0.6) is 0 Å². The molecule has 86 valence electrons. The van der Waals surface area contributed by atoms with Gasteiger partial charge in [-0.3, -0.25) is 4.79 Å². The van der Waals surface area contributed by atoms with E-state index in [0.29, 0.717) is 25.1 Å². The van der Waals surface area contributed by atoms with E-state index in [-0.39, 0.29) is 5.78 Å². The third-order valence-corrected chi connectivity index (χ3v) is 3.05. The van der Waals surface area contributed by atoms with Crippen LogP contribution < -0.4 is 4.90 Å². The van der Waals surface area contributed by atoms with E-state index in [1.54, 1.807) is 19.9 Å². The van der Waals surface area contributed by atoms with Crippen LogP contribution in [0.25, 0.3) is 0 Å². The second kappa shape index (κ2) is 3.89. The molecule has 3 heteroatoms. The third-order valence-electron chi connectivity index (χ3n) is 3.05. The fourth-order valence-corrected chi connectivity index (χ4v) is 2.18. The van der Waals surface area contributed by atoms with Gasteiger partial charge in [-0.1, -0.05) is 12.1 Å². The first-order chi connectivity index (χ1) is 7.49. The second-order valence-electron chi connectivity index (χ2n) is 4.66. The largest absolute Gasteiger partial charge is 0.368 e. The molecule has 1 aromatic carbocycles. The van der Waals surface area contributed by atoms with Gasteiger partial charge in [0, 0.05) is 24.2 Å². The van der Waals surface area contributed by atoms with Crippen LogP contribution in [0.2, 0.25) is 0 Å². The van der Waals surface area contributed by atoms with Gasteiger partial charge in [0.2, 0.25) is 0 Å². The summed E-state index contributed by atoms with van der Waals surface area (Å²) in [5.41, 5.74) is 0.403. The number of ketones is 1. The van der Waals surface area contributed by atoms with Crippen LogP contribution in [0.3, 0.4) is 0 Å². The summed E-state index contributed by atoms with van der Waals surface area (Å²) in [5, 5.41) is 0. The molecule has 1 saturated heterocycles. The summed E-state index contributed by atoms with van der Waals surface area (Å²) >= 11 is 0. The van der Waals surface area contributed by atoms with Gasteiger partial charge in [0.1, 0.15) is 5.67 Å². The first-order valence-corrected chi connectivity index (χ1v) is 5.53. The van der Waals surface area contributed by atoms with E-state index in [0.717, 1.165) is 5.69 Å². The highest BCUT2D eigenvalue weighted by Crippen LogP contribution is 2.31. The maximum atomic E-state index is 13.8. The van der Waals surface area contributed by atoms with Crippen LogP contribution in [0.4, 0.5) is 10.1 Å². The monoisotopic (exact) mass is 221 g/mol. The number of hydrogen-bond donors (Lipinski definition) is 0. The summed E-state index contributed by atoms with van der Waals surface area (Å²) in [6, 6.07) is 7.41. The normalized spacial score (nSPS) is 24.8. The molecule has 1 atom stereocenters. The molecule has 1 aromatic rings. The fourth-order valence-electron chi connectivity index (χ4n) is 2.18. The van der Waals surface area contributed by atoms with Gasteiger partial charge in [0.25, 0.3) is 0 Å². The molecular weight excluding hydrogens is 205 g/mol. The van der Waals surface area contributed by atoms with E-state index in [1.807, 2.05) is 23.1 Å². The smallest absolute Gasteiger partial charge is 0.161 e. The number of carbonyl (C=O) groups is 1. The average Bonchev–Trinajstić information content (AvgIpc) is 2.59. The van der Waals surface area contributed by atoms with E-state index >= 15 is 0 Å². The van der Waals surface area contributed by atoms with Crippen molar-refractivity contribution in [2.24, 2.45) is 0 Å². The number of halogens is 1. The Kier molecular flexibility index (Phi) is 2.70. The highest BCUT2D eigenvalue weighted by molar-refractivity contribution is 5.99. The molecule has 0 saturated carbocycles. The Labute approximate surface area is 95.1 Å². The van der Waals surface area contributed by atoms with Crippen molar-refractivity contribution >= 4 is 11.5 Å². The van der Waals surface area contributed by atoms with Gasteiger partial charge in [0.05, 0.1) is 6.54 Å². The summed E-state index contributed by atoms with van der Waals surface area (Å²) in [6.45, 7) is 4.21. The summed E-state index contributed by atoms with van der Waals surface area (Å²) < 4.78 is 13.8. The molecule has 0 radical (unpaired) electrons. The number of hydrogen-bond acceptors (Lipinski definition) is 2. The topological polar surface area (TPSA) is 20.3 Å². The van der Waals surface area contributed by atoms with Gasteiger partial charge in [-0.25, -0.2) is 4.39 Å². The molecule has 0 aliphatic carbocycles. The van der Waals surface area contributed by atoms with Crippen molar-refractivity contribution in [2.75, 3.05) is 18.0 Å². The van der Waals surface area contributed by atoms with E-state index < -0.39 is 5.67 Å². The molecule has 0 aromatic heterocycles. The molecule has 16 heavy (non-hydrogen) atoms. The lowest BCUT2D eigenvalue weighted by Gasteiger charge is -2.21. The molecule has 1 unspecified atom stereocenters. The molecule has 2 nitrogen and oxygen atoms in total. The van der Waals surface area contributed by atoms with Crippen LogP contribution in [-0.4, -0.2) is 24.5 Å². The van der Waals surface area contributed by atoms with Gasteiger partial charge >= 0.3 is 0 Å². The molecule has 0 bridgehead atoms. The predicted molar refractivity (Wildman–Crippen MR) is 62.8 cm³/mol. The van der Waals surface area contributed by atoms with Crippen molar-refractivity contribution < 1.29 is 9.18 Å². The van der Waals surface area contributed by atoms with Gasteiger partial charge in [-0.15, -0.1) is 0 Å². The highest BCUT2D eigenvalue weighted by atomic mass is 19.1. The standard InChI is InChI=1S/C13H16FNO/c1-10(16)11-5-3-4-6-12(11)15-8-7-13(2,14)9-15/h3-6H,7-9H2,1-2H3. The number of alkyl halides is 1. The quantitative estimate of drug-likeness (QED) is 0.716. The van der Waals surface area contributed by atoms with Crippen molar-refractivity contribution in [1.29, 1.82) is 0 Å². The first kappa shape index (κ1) is 11.1. The molecule has 1 fully saturated rings. The summed E-state index contributed by atoms with van der Waals surface area (Å²) in [7, 11) is 0. The minimum atomic E-state index is -1.14. The molecular formula is C13H16FNO. The van der Waals surface area contributed by atoms with Crippen molar-refractivity contribution in [1.82, 2.24) is 0 Å². The highest BCUT2D eigenvalue weighted by Gasteiger charge is 2.34. The second-order valence-corrected chi connectivity index (χ2v) is 4.66. The zero-order chi connectivity index (χ0) is 11.8. The summed E-state index contributed by atoms with van der Waals surface area (Å²) in [5.74, 6) is 0.0306. The number of rotatable bonds is 2. The molecule has 0 amide bonds. The van der Waals surface area contributed by atoms with E-state index in [1.165, 1.54) is 0 Å². The molecule has 0 N–H and O–H groups in total. The number of benzene rings is 1. The molecule has 0 spiro atoms. The number of Topliss-reactive ketones (excluding diaryl/α,β-unsaturated/α-hetero) is 1. The Hall–Kier alpha value is -1.38.